The number of hydrogen-bond donors (Lipinski definition) is 1. The summed E-state index contributed by atoms with van der Waals surface area (Å²) in [7, 11) is 1.51. The molecule has 0 radical (unpaired) electrons. The summed E-state index contributed by atoms with van der Waals surface area (Å²) in [6.07, 6.45) is 3.45. The number of ketones is 2. The second kappa shape index (κ2) is 8.30. The van der Waals surface area contributed by atoms with E-state index in [-0.39, 0.29) is 28.1 Å². The van der Waals surface area contributed by atoms with Gasteiger partial charge < -0.3 is 14.7 Å². The number of ether oxygens (including phenoxy) is 1. The van der Waals surface area contributed by atoms with Crippen LogP contribution in [-0.2, 0) is 9.59 Å². The second-order valence-corrected chi connectivity index (χ2v) is 12.1. The van der Waals surface area contributed by atoms with Crippen LogP contribution in [0.5, 0.6) is 11.5 Å². The maximum absolute atomic E-state index is 13.7. The van der Waals surface area contributed by atoms with Gasteiger partial charge >= 0.3 is 0 Å². The van der Waals surface area contributed by atoms with Crippen molar-refractivity contribution >= 4 is 27.5 Å². The highest BCUT2D eigenvalue weighted by Gasteiger charge is 2.48. The van der Waals surface area contributed by atoms with Crippen LogP contribution in [0.2, 0.25) is 0 Å². The third-order valence-electron chi connectivity index (χ3n) is 7.07. The molecule has 0 aromatic heterocycles. The van der Waals surface area contributed by atoms with Gasteiger partial charge in [-0.1, -0.05) is 34.6 Å². The highest BCUT2D eigenvalue weighted by Crippen LogP contribution is 2.55. The van der Waals surface area contributed by atoms with Crippen molar-refractivity contribution in [1.82, 2.24) is 4.90 Å². The standard InChI is InChI=1S/C27H34BrNO4/c1-7-8-29-17-11-26(2,3)13-19(30)23(17)22(15-9-16(28)25(32)21(10-15)33-6)24-18(29)12-27(4,5)14-20(24)31/h9-10,22,32H,7-8,11-14H2,1-6H3. The lowest BCUT2D eigenvalue weighted by Crippen LogP contribution is -2.44. The highest BCUT2D eigenvalue weighted by molar-refractivity contribution is 9.10. The minimum absolute atomic E-state index is 0.0142. The number of phenols is 1. The lowest BCUT2D eigenvalue weighted by Gasteiger charge is -2.49. The van der Waals surface area contributed by atoms with Gasteiger partial charge in [-0.05, 0) is 63.7 Å². The number of benzene rings is 1. The Balaban J connectivity index is 2.03. The molecular formula is C27H34BrNO4. The summed E-state index contributed by atoms with van der Waals surface area (Å²) in [5, 5.41) is 10.4. The zero-order valence-corrected chi connectivity index (χ0v) is 22.1. The average Bonchev–Trinajstić information content (AvgIpc) is 2.69. The van der Waals surface area contributed by atoms with Gasteiger partial charge in [0.05, 0.1) is 11.6 Å². The Morgan fingerprint density at radius 1 is 1.00 bits per heavy atom. The molecule has 0 amide bonds. The van der Waals surface area contributed by atoms with Crippen molar-refractivity contribution in [3.05, 3.63) is 44.7 Å². The minimum atomic E-state index is -0.443. The van der Waals surface area contributed by atoms with E-state index in [0.717, 1.165) is 53.9 Å². The number of methoxy groups -OCH3 is 1. The predicted octanol–water partition coefficient (Wildman–Crippen LogP) is 6.26. The molecule has 33 heavy (non-hydrogen) atoms. The third-order valence-corrected chi connectivity index (χ3v) is 7.68. The van der Waals surface area contributed by atoms with Crippen molar-refractivity contribution in [2.75, 3.05) is 13.7 Å². The van der Waals surface area contributed by atoms with E-state index in [1.54, 1.807) is 6.07 Å². The molecule has 1 N–H and O–H groups in total. The number of halogens is 1. The first-order valence-electron chi connectivity index (χ1n) is 11.8. The molecule has 2 aliphatic carbocycles. The Morgan fingerprint density at radius 2 is 1.52 bits per heavy atom. The number of nitrogens with zero attached hydrogens (tertiary/aromatic N) is 1. The Bertz CT molecular complexity index is 1040. The van der Waals surface area contributed by atoms with Crippen LogP contribution >= 0.6 is 15.9 Å². The maximum Gasteiger partial charge on any atom is 0.172 e. The fourth-order valence-electron chi connectivity index (χ4n) is 5.79. The van der Waals surface area contributed by atoms with E-state index < -0.39 is 5.92 Å². The third kappa shape index (κ3) is 4.16. The number of rotatable bonds is 4. The lowest BCUT2D eigenvalue weighted by atomic mass is 9.63. The normalized spacial score (nSPS) is 22.5. The monoisotopic (exact) mass is 515 g/mol. The molecule has 1 aromatic carbocycles. The van der Waals surface area contributed by atoms with E-state index in [2.05, 4.69) is 55.4 Å². The van der Waals surface area contributed by atoms with Crippen molar-refractivity contribution in [1.29, 1.82) is 0 Å². The Hall–Kier alpha value is -2.08. The van der Waals surface area contributed by atoms with Gasteiger partial charge in [0.1, 0.15) is 0 Å². The number of Topliss-reactive ketones (excluding diaryl/α,β-unsaturated/α-hetero) is 2. The fraction of sp³-hybridized carbons (Fsp3) is 0.556. The molecule has 0 unspecified atom stereocenters. The zero-order valence-electron chi connectivity index (χ0n) is 20.5. The quantitative estimate of drug-likeness (QED) is 0.512. The van der Waals surface area contributed by atoms with Crippen molar-refractivity contribution in [2.24, 2.45) is 10.8 Å². The molecule has 6 heteroatoms. The predicted molar refractivity (Wildman–Crippen MR) is 132 cm³/mol. The van der Waals surface area contributed by atoms with Gasteiger partial charge in [-0.3, -0.25) is 9.59 Å². The Kier molecular flexibility index (Phi) is 6.05. The van der Waals surface area contributed by atoms with Gasteiger partial charge in [-0.15, -0.1) is 0 Å². The second-order valence-electron chi connectivity index (χ2n) is 11.2. The van der Waals surface area contributed by atoms with Crippen LogP contribution in [0, 0.1) is 10.8 Å². The largest absolute Gasteiger partial charge is 0.503 e. The minimum Gasteiger partial charge on any atom is -0.503 e. The molecule has 0 bridgehead atoms. The average molecular weight is 516 g/mol. The lowest BCUT2D eigenvalue weighted by molar-refractivity contribution is -0.119. The van der Waals surface area contributed by atoms with Crippen molar-refractivity contribution in [2.45, 2.75) is 72.6 Å². The number of aromatic hydroxyl groups is 1. The van der Waals surface area contributed by atoms with Crippen molar-refractivity contribution in [3.8, 4) is 11.5 Å². The van der Waals surface area contributed by atoms with E-state index in [4.69, 9.17) is 4.74 Å². The molecule has 1 aliphatic heterocycles. The van der Waals surface area contributed by atoms with Crippen LogP contribution < -0.4 is 4.74 Å². The van der Waals surface area contributed by atoms with E-state index >= 15 is 0 Å². The molecule has 0 saturated carbocycles. The van der Waals surface area contributed by atoms with Crippen LogP contribution in [-0.4, -0.2) is 35.2 Å². The number of carbonyl (C=O) groups excluding carboxylic acids is 2. The van der Waals surface area contributed by atoms with Crippen molar-refractivity contribution in [3.63, 3.8) is 0 Å². The van der Waals surface area contributed by atoms with Gasteiger partial charge in [0.2, 0.25) is 0 Å². The molecule has 0 spiro atoms. The molecule has 4 rings (SSSR count). The summed E-state index contributed by atoms with van der Waals surface area (Å²) in [5.74, 6) is 0.118. The first kappa shape index (κ1) is 24.1. The first-order chi connectivity index (χ1) is 15.4. The van der Waals surface area contributed by atoms with Gasteiger partial charge in [-0.2, -0.15) is 0 Å². The molecule has 0 fully saturated rings. The van der Waals surface area contributed by atoms with Crippen LogP contribution in [0.15, 0.2) is 39.1 Å². The van der Waals surface area contributed by atoms with E-state index in [0.29, 0.717) is 23.1 Å². The summed E-state index contributed by atoms with van der Waals surface area (Å²) in [4.78, 5) is 29.7. The van der Waals surface area contributed by atoms with Gasteiger partial charge in [0, 0.05) is 47.8 Å². The molecule has 5 nitrogen and oxygen atoms in total. The molecule has 0 atom stereocenters. The Labute approximate surface area is 205 Å². The smallest absolute Gasteiger partial charge is 0.172 e. The topological polar surface area (TPSA) is 66.8 Å². The number of carbonyl (C=O) groups is 2. The highest BCUT2D eigenvalue weighted by atomic mass is 79.9. The summed E-state index contributed by atoms with van der Waals surface area (Å²) in [6, 6.07) is 3.60. The van der Waals surface area contributed by atoms with Gasteiger partial charge in [-0.25, -0.2) is 0 Å². The van der Waals surface area contributed by atoms with Gasteiger partial charge in [0.15, 0.2) is 23.1 Å². The zero-order chi connectivity index (χ0) is 24.3. The molecule has 3 aliphatic rings. The summed E-state index contributed by atoms with van der Waals surface area (Å²) in [6.45, 7) is 11.5. The fourth-order valence-corrected chi connectivity index (χ4v) is 6.25. The van der Waals surface area contributed by atoms with Gasteiger partial charge in [0.25, 0.3) is 0 Å². The van der Waals surface area contributed by atoms with Crippen molar-refractivity contribution < 1.29 is 19.4 Å². The van der Waals surface area contributed by atoms with Crippen LogP contribution in [0.4, 0.5) is 0 Å². The summed E-state index contributed by atoms with van der Waals surface area (Å²) in [5.41, 5.74) is 4.15. The van der Waals surface area contributed by atoms with E-state index in [9.17, 15) is 14.7 Å². The summed E-state index contributed by atoms with van der Waals surface area (Å²) < 4.78 is 5.91. The molecule has 1 aromatic rings. The number of allylic oxidation sites excluding steroid dienone is 4. The van der Waals surface area contributed by atoms with Crippen LogP contribution in [0.25, 0.3) is 0 Å². The SMILES string of the molecule is CCCN1C2=C(C(=O)CC(C)(C)C2)C(c2cc(Br)c(O)c(OC)c2)C2=C1CC(C)(C)CC2=O. The Morgan fingerprint density at radius 3 is 1.97 bits per heavy atom. The molecule has 178 valence electrons. The number of phenolic OH excluding ortho intramolecular Hbond substituents is 1. The van der Waals surface area contributed by atoms with E-state index in [1.165, 1.54) is 7.11 Å². The first-order valence-corrected chi connectivity index (χ1v) is 12.5. The number of hydrogen-bond acceptors (Lipinski definition) is 5. The van der Waals surface area contributed by atoms with E-state index in [1.807, 2.05) is 6.07 Å². The van der Waals surface area contributed by atoms with Crippen LogP contribution in [0.3, 0.4) is 0 Å². The summed E-state index contributed by atoms with van der Waals surface area (Å²) >= 11 is 3.44. The molecular weight excluding hydrogens is 482 g/mol. The maximum atomic E-state index is 13.7. The molecule has 1 heterocycles. The van der Waals surface area contributed by atoms with Crippen LogP contribution in [0.1, 0.15) is 78.2 Å². The molecule has 0 saturated heterocycles.